The van der Waals surface area contributed by atoms with Gasteiger partial charge in [-0.15, -0.1) is 0 Å². The maximum Gasteiger partial charge on any atom is 0.319 e. The van der Waals surface area contributed by atoms with Crippen LogP contribution in [0.2, 0.25) is 0 Å². The van der Waals surface area contributed by atoms with E-state index in [0.717, 1.165) is 66.3 Å². The van der Waals surface area contributed by atoms with E-state index in [1.165, 1.54) is 24.8 Å². The lowest BCUT2D eigenvalue weighted by molar-refractivity contribution is 0.244. The molecule has 164 valence electrons. The van der Waals surface area contributed by atoms with Gasteiger partial charge in [-0.3, -0.25) is 4.99 Å². The lowest BCUT2D eigenvalue weighted by Crippen LogP contribution is -2.39. The van der Waals surface area contributed by atoms with Crippen molar-refractivity contribution >= 4 is 17.4 Å². The zero-order chi connectivity index (χ0) is 21.6. The molecule has 2 aromatic carbocycles. The van der Waals surface area contributed by atoms with Crippen molar-refractivity contribution in [2.45, 2.75) is 51.0 Å². The molecule has 0 unspecified atom stereocenters. The van der Waals surface area contributed by atoms with Crippen LogP contribution in [-0.4, -0.2) is 38.5 Å². The highest BCUT2D eigenvalue weighted by Gasteiger charge is 2.19. The summed E-state index contributed by atoms with van der Waals surface area (Å²) in [5, 5.41) is 6.04. The second-order valence-electron chi connectivity index (χ2n) is 8.25. The fourth-order valence-electron chi connectivity index (χ4n) is 4.44. The molecular formula is C25H31N3O3. The van der Waals surface area contributed by atoms with Crippen LogP contribution in [0, 0.1) is 0 Å². The summed E-state index contributed by atoms with van der Waals surface area (Å²) in [5.74, 6) is 1.48. The molecule has 1 heterocycles. The molecule has 1 saturated carbocycles. The van der Waals surface area contributed by atoms with Crippen LogP contribution in [0.5, 0.6) is 11.5 Å². The molecule has 2 aromatic rings. The van der Waals surface area contributed by atoms with E-state index in [1.807, 2.05) is 30.3 Å². The van der Waals surface area contributed by atoms with Gasteiger partial charge < -0.3 is 20.1 Å². The third-order valence-corrected chi connectivity index (χ3v) is 6.13. The van der Waals surface area contributed by atoms with Gasteiger partial charge in [0.25, 0.3) is 0 Å². The van der Waals surface area contributed by atoms with Gasteiger partial charge in [0.15, 0.2) is 11.5 Å². The van der Waals surface area contributed by atoms with Crippen LogP contribution < -0.4 is 20.1 Å². The normalized spacial score (nSPS) is 16.1. The van der Waals surface area contributed by atoms with Crippen molar-refractivity contribution in [2.24, 2.45) is 4.99 Å². The molecule has 0 atom stereocenters. The minimum absolute atomic E-state index is 0.119. The summed E-state index contributed by atoms with van der Waals surface area (Å²) in [7, 11) is 3.31. The first-order valence-corrected chi connectivity index (χ1v) is 11.1. The number of ether oxygens (including phenoxy) is 2. The van der Waals surface area contributed by atoms with Crippen molar-refractivity contribution in [3.8, 4) is 11.5 Å². The first-order chi connectivity index (χ1) is 15.2. The van der Waals surface area contributed by atoms with Crippen LogP contribution in [-0.2, 0) is 12.8 Å². The van der Waals surface area contributed by atoms with Crippen molar-refractivity contribution in [1.29, 1.82) is 0 Å². The number of aliphatic imine (C=N–C) groups is 1. The van der Waals surface area contributed by atoms with Crippen LogP contribution in [0.15, 0.2) is 41.4 Å². The highest BCUT2D eigenvalue weighted by Crippen LogP contribution is 2.33. The lowest BCUT2D eigenvalue weighted by Gasteiger charge is -2.23. The van der Waals surface area contributed by atoms with Gasteiger partial charge in [-0.05, 0) is 54.7 Å². The standard InChI is InChI=1S/C25H31N3O3/c1-30-23-15-18-12-13-26-22(21(18)16-24(23)31-2)14-17-8-10-20(11-9-17)28-25(29)27-19-6-4-3-5-7-19/h8-11,15-16,19H,3-7,12-14H2,1-2H3,(H2,27,28,29). The van der Waals surface area contributed by atoms with Gasteiger partial charge in [0.2, 0.25) is 0 Å². The first kappa shape index (κ1) is 21.2. The summed E-state index contributed by atoms with van der Waals surface area (Å²) in [4.78, 5) is 17.0. The van der Waals surface area contributed by atoms with Gasteiger partial charge in [0.05, 0.1) is 14.2 Å². The Morgan fingerprint density at radius 1 is 1.03 bits per heavy atom. The van der Waals surface area contributed by atoms with E-state index in [0.29, 0.717) is 6.04 Å². The number of amides is 2. The monoisotopic (exact) mass is 421 g/mol. The van der Waals surface area contributed by atoms with Crippen molar-refractivity contribution < 1.29 is 14.3 Å². The largest absolute Gasteiger partial charge is 0.493 e. The number of nitrogens with zero attached hydrogens (tertiary/aromatic N) is 1. The molecule has 4 rings (SSSR count). The van der Waals surface area contributed by atoms with E-state index in [-0.39, 0.29) is 6.03 Å². The maximum absolute atomic E-state index is 12.3. The smallest absolute Gasteiger partial charge is 0.319 e. The molecule has 2 amide bonds. The summed E-state index contributed by atoms with van der Waals surface area (Å²) in [6, 6.07) is 12.3. The average Bonchev–Trinajstić information content (AvgIpc) is 2.80. The molecule has 0 saturated heterocycles. The van der Waals surface area contributed by atoms with Crippen LogP contribution in [0.4, 0.5) is 10.5 Å². The fraction of sp³-hybridized carbons (Fsp3) is 0.440. The zero-order valence-electron chi connectivity index (χ0n) is 18.4. The number of benzene rings is 2. The third kappa shape index (κ3) is 5.19. The van der Waals surface area contributed by atoms with E-state index in [2.05, 4.69) is 16.7 Å². The third-order valence-electron chi connectivity index (χ3n) is 6.13. The Labute approximate surface area is 184 Å². The van der Waals surface area contributed by atoms with Crippen LogP contribution in [0.3, 0.4) is 0 Å². The van der Waals surface area contributed by atoms with Crippen molar-refractivity contribution in [2.75, 3.05) is 26.1 Å². The minimum Gasteiger partial charge on any atom is -0.493 e. The summed E-state index contributed by atoms with van der Waals surface area (Å²) >= 11 is 0. The van der Waals surface area contributed by atoms with Crippen LogP contribution >= 0.6 is 0 Å². The van der Waals surface area contributed by atoms with Gasteiger partial charge in [-0.2, -0.15) is 0 Å². The molecule has 6 heteroatoms. The molecule has 6 nitrogen and oxygen atoms in total. The second-order valence-corrected chi connectivity index (χ2v) is 8.25. The average molecular weight is 422 g/mol. The van der Waals surface area contributed by atoms with Gasteiger partial charge in [-0.1, -0.05) is 31.4 Å². The quantitative estimate of drug-likeness (QED) is 0.707. The lowest BCUT2D eigenvalue weighted by atomic mass is 9.93. The van der Waals surface area contributed by atoms with E-state index in [1.54, 1.807) is 14.2 Å². The van der Waals surface area contributed by atoms with Gasteiger partial charge in [0.1, 0.15) is 0 Å². The molecule has 0 spiro atoms. The summed E-state index contributed by atoms with van der Waals surface area (Å²) in [5.41, 5.74) is 5.37. The number of methoxy groups -OCH3 is 2. The minimum atomic E-state index is -0.119. The Hall–Kier alpha value is -3.02. The molecule has 0 radical (unpaired) electrons. The van der Waals surface area contributed by atoms with E-state index >= 15 is 0 Å². The van der Waals surface area contributed by atoms with E-state index in [9.17, 15) is 4.79 Å². The predicted octanol–water partition coefficient (Wildman–Crippen LogP) is 4.75. The molecule has 1 aliphatic heterocycles. The molecule has 31 heavy (non-hydrogen) atoms. The molecule has 1 aliphatic carbocycles. The maximum atomic E-state index is 12.3. The number of hydrogen-bond acceptors (Lipinski definition) is 4. The molecule has 2 N–H and O–H groups in total. The van der Waals surface area contributed by atoms with Gasteiger partial charge in [0, 0.05) is 36.0 Å². The Bertz CT molecular complexity index is 947. The number of hydrogen-bond donors (Lipinski definition) is 2. The second kappa shape index (κ2) is 9.86. The summed E-state index contributed by atoms with van der Waals surface area (Å²) < 4.78 is 10.9. The number of urea groups is 1. The Morgan fingerprint density at radius 2 is 1.74 bits per heavy atom. The van der Waals surface area contributed by atoms with Crippen LogP contribution in [0.25, 0.3) is 0 Å². The van der Waals surface area contributed by atoms with Crippen molar-refractivity contribution in [1.82, 2.24) is 5.32 Å². The van der Waals surface area contributed by atoms with Gasteiger partial charge in [-0.25, -0.2) is 4.79 Å². The molecular weight excluding hydrogens is 390 g/mol. The summed E-state index contributed by atoms with van der Waals surface area (Å²) in [6.45, 7) is 0.777. The topological polar surface area (TPSA) is 72.0 Å². The van der Waals surface area contributed by atoms with E-state index < -0.39 is 0 Å². The van der Waals surface area contributed by atoms with Gasteiger partial charge >= 0.3 is 6.03 Å². The summed E-state index contributed by atoms with van der Waals surface area (Å²) in [6.07, 6.45) is 7.46. The number of fused-ring (bicyclic) bond motifs is 1. The molecule has 2 aliphatic rings. The Balaban J connectivity index is 1.40. The number of anilines is 1. The molecule has 0 bridgehead atoms. The zero-order valence-corrected chi connectivity index (χ0v) is 18.4. The number of carbonyl (C=O) groups is 1. The van der Waals surface area contributed by atoms with Crippen LogP contribution in [0.1, 0.15) is 48.8 Å². The van der Waals surface area contributed by atoms with Crippen molar-refractivity contribution in [3.63, 3.8) is 0 Å². The van der Waals surface area contributed by atoms with E-state index in [4.69, 9.17) is 14.5 Å². The number of carbonyl (C=O) groups excluding carboxylic acids is 1. The number of rotatable bonds is 6. The molecule has 0 aromatic heterocycles. The molecule has 1 fully saturated rings. The fourth-order valence-corrected chi connectivity index (χ4v) is 4.44. The highest BCUT2D eigenvalue weighted by atomic mass is 16.5. The Morgan fingerprint density at radius 3 is 2.45 bits per heavy atom. The predicted molar refractivity (Wildman–Crippen MR) is 124 cm³/mol. The SMILES string of the molecule is COc1cc2c(cc1OC)C(Cc1ccc(NC(=O)NC3CCCCC3)cc1)=NCC2. The first-order valence-electron chi connectivity index (χ1n) is 11.1. The highest BCUT2D eigenvalue weighted by molar-refractivity contribution is 6.04. The number of nitrogens with one attached hydrogen (secondary N) is 2. The van der Waals surface area contributed by atoms with Crippen molar-refractivity contribution in [3.05, 3.63) is 53.1 Å². The Kier molecular flexibility index (Phi) is 6.75.